The number of rotatable bonds is 5. The summed E-state index contributed by atoms with van der Waals surface area (Å²) in [6.45, 7) is 0. The Hall–Kier alpha value is -1.63. The van der Waals surface area contributed by atoms with Crippen LogP contribution in [0.2, 0.25) is 0 Å². The lowest BCUT2D eigenvalue weighted by molar-refractivity contribution is -0.167. The second-order valence-electron chi connectivity index (χ2n) is 2.55. The van der Waals surface area contributed by atoms with Crippen molar-refractivity contribution in [3.05, 3.63) is 0 Å². The molecule has 0 aliphatic carbocycles. The van der Waals surface area contributed by atoms with Crippen LogP contribution in [0.25, 0.3) is 0 Å². The van der Waals surface area contributed by atoms with Gasteiger partial charge in [-0.15, -0.1) is 0 Å². The average molecular weight is 191 g/mol. The summed E-state index contributed by atoms with van der Waals surface area (Å²) in [5.74, 6) is -4.38. The first-order valence-electron chi connectivity index (χ1n) is 3.24. The Morgan fingerprint density at radius 3 is 1.85 bits per heavy atom. The fourth-order valence-electron chi connectivity index (χ4n) is 0.752. The van der Waals surface area contributed by atoms with Gasteiger partial charge in [0.15, 0.2) is 5.60 Å². The molecule has 0 radical (unpaired) electrons. The average Bonchev–Trinajstić information content (AvgIpc) is 1.82. The minimum Gasteiger partial charge on any atom is -0.481 e. The Balaban J connectivity index is 4.62. The van der Waals surface area contributed by atoms with Crippen molar-refractivity contribution in [3.63, 3.8) is 0 Å². The minimum absolute atomic E-state index is 0.922. The molecule has 0 saturated heterocycles. The Morgan fingerprint density at radius 2 is 1.62 bits per heavy atom. The number of amides is 1. The fourth-order valence-corrected chi connectivity index (χ4v) is 0.752. The van der Waals surface area contributed by atoms with Gasteiger partial charge in [0, 0.05) is 0 Å². The van der Waals surface area contributed by atoms with Gasteiger partial charge in [-0.25, -0.2) is 4.79 Å². The third-order valence-electron chi connectivity index (χ3n) is 1.31. The molecule has 0 aromatic heterocycles. The Morgan fingerprint density at radius 1 is 1.15 bits per heavy atom. The van der Waals surface area contributed by atoms with Gasteiger partial charge in [0.25, 0.3) is 0 Å². The molecule has 7 nitrogen and oxygen atoms in total. The zero-order valence-electron chi connectivity index (χ0n) is 6.56. The highest BCUT2D eigenvalue weighted by Gasteiger charge is 2.40. The number of aliphatic carboxylic acids is 2. The summed E-state index contributed by atoms with van der Waals surface area (Å²) in [6, 6.07) is 0. The van der Waals surface area contributed by atoms with Crippen molar-refractivity contribution in [2.75, 3.05) is 0 Å². The molecule has 1 unspecified atom stereocenters. The van der Waals surface area contributed by atoms with Gasteiger partial charge in [-0.3, -0.25) is 9.59 Å². The smallest absolute Gasteiger partial charge is 0.336 e. The molecule has 0 bridgehead atoms. The third kappa shape index (κ3) is 3.52. The molecule has 0 aromatic carbocycles. The second kappa shape index (κ2) is 3.85. The number of carbonyl (C=O) groups is 3. The van der Waals surface area contributed by atoms with E-state index in [0.717, 1.165) is 0 Å². The molecule has 13 heavy (non-hydrogen) atoms. The van der Waals surface area contributed by atoms with E-state index in [4.69, 9.17) is 15.3 Å². The highest BCUT2D eigenvalue weighted by atomic mass is 16.4. The van der Waals surface area contributed by atoms with Crippen LogP contribution in [-0.2, 0) is 14.4 Å². The summed E-state index contributed by atoms with van der Waals surface area (Å²) < 4.78 is 0. The van der Waals surface area contributed by atoms with Crippen molar-refractivity contribution < 1.29 is 29.7 Å². The highest BCUT2D eigenvalue weighted by Crippen LogP contribution is 2.15. The lowest BCUT2D eigenvalue weighted by Gasteiger charge is -2.18. The molecule has 74 valence electrons. The predicted molar refractivity (Wildman–Crippen MR) is 38.6 cm³/mol. The number of nitrogens with two attached hydrogens (primary N) is 1. The standard InChI is InChI=1S/C6H9NO6/c7-3(8)1-6(13,5(11)12)2-4(9)10/h13H,1-2H2,(H2,7,8)(H,9,10)(H,11,12). The maximum atomic E-state index is 10.4. The normalized spacial score (nSPS) is 14.5. The fraction of sp³-hybridized carbons (Fsp3) is 0.500. The van der Waals surface area contributed by atoms with Crippen LogP contribution in [0, 0.1) is 0 Å². The van der Waals surface area contributed by atoms with Crippen LogP contribution in [0.5, 0.6) is 0 Å². The molecular formula is C6H9NO6. The summed E-state index contributed by atoms with van der Waals surface area (Å²) in [5, 5.41) is 25.8. The molecule has 0 fully saturated rings. The van der Waals surface area contributed by atoms with E-state index in [-0.39, 0.29) is 0 Å². The molecule has 5 N–H and O–H groups in total. The van der Waals surface area contributed by atoms with Crippen LogP contribution in [0.3, 0.4) is 0 Å². The molecule has 0 aromatic rings. The van der Waals surface area contributed by atoms with E-state index >= 15 is 0 Å². The predicted octanol–water partition coefficient (Wildman–Crippen LogP) is -1.85. The summed E-state index contributed by atoms with van der Waals surface area (Å²) >= 11 is 0. The van der Waals surface area contributed by atoms with Gasteiger partial charge in [-0.2, -0.15) is 0 Å². The largest absolute Gasteiger partial charge is 0.481 e. The molecular weight excluding hydrogens is 182 g/mol. The monoisotopic (exact) mass is 191 g/mol. The van der Waals surface area contributed by atoms with Gasteiger partial charge in [0.05, 0.1) is 12.8 Å². The van der Waals surface area contributed by atoms with E-state index in [9.17, 15) is 14.4 Å². The maximum Gasteiger partial charge on any atom is 0.336 e. The van der Waals surface area contributed by atoms with Crippen molar-refractivity contribution in [1.82, 2.24) is 0 Å². The number of carboxylic acid groups (broad SMARTS) is 2. The zero-order chi connectivity index (χ0) is 10.6. The Labute approximate surface area is 72.8 Å². The van der Waals surface area contributed by atoms with E-state index in [2.05, 4.69) is 5.73 Å². The first-order valence-corrected chi connectivity index (χ1v) is 3.24. The molecule has 0 aliphatic rings. The molecule has 1 amide bonds. The maximum absolute atomic E-state index is 10.4. The Bertz CT molecular complexity index is 232. The minimum atomic E-state index is -2.61. The van der Waals surface area contributed by atoms with Crippen LogP contribution in [0.4, 0.5) is 0 Å². The molecule has 1 atom stereocenters. The van der Waals surface area contributed by atoms with Gasteiger partial charge >= 0.3 is 11.9 Å². The van der Waals surface area contributed by atoms with Crippen LogP contribution >= 0.6 is 0 Å². The number of primary amides is 1. The number of hydrogen-bond donors (Lipinski definition) is 4. The van der Waals surface area contributed by atoms with E-state index < -0.39 is 36.3 Å². The van der Waals surface area contributed by atoms with Crippen LogP contribution in [-0.4, -0.2) is 38.8 Å². The highest BCUT2D eigenvalue weighted by molar-refractivity contribution is 5.89. The van der Waals surface area contributed by atoms with E-state index in [1.165, 1.54) is 0 Å². The molecule has 0 spiro atoms. The molecule has 0 rings (SSSR count). The quantitative estimate of drug-likeness (QED) is 0.402. The van der Waals surface area contributed by atoms with Crippen LogP contribution in [0.1, 0.15) is 12.8 Å². The topological polar surface area (TPSA) is 138 Å². The summed E-state index contributed by atoms with van der Waals surface area (Å²) in [5.41, 5.74) is 2.02. The van der Waals surface area contributed by atoms with E-state index in [1.54, 1.807) is 0 Å². The van der Waals surface area contributed by atoms with Gasteiger partial charge in [0.1, 0.15) is 0 Å². The first kappa shape index (κ1) is 11.4. The Kier molecular flexibility index (Phi) is 3.37. The summed E-state index contributed by atoms with van der Waals surface area (Å²) in [6.07, 6.45) is -1.99. The number of carbonyl (C=O) groups excluding carboxylic acids is 1. The van der Waals surface area contributed by atoms with Crippen molar-refractivity contribution in [2.24, 2.45) is 5.73 Å². The zero-order valence-corrected chi connectivity index (χ0v) is 6.56. The van der Waals surface area contributed by atoms with Gasteiger partial charge in [0.2, 0.25) is 5.91 Å². The summed E-state index contributed by atoms with van der Waals surface area (Å²) in [4.78, 5) is 30.8. The third-order valence-corrected chi connectivity index (χ3v) is 1.31. The van der Waals surface area contributed by atoms with Gasteiger partial charge in [-0.1, -0.05) is 0 Å². The second-order valence-corrected chi connectivity index (χ2v) is 2.55. The molecule has 0 aliphatic heterocycles. The van der Waals surface area contributed by atoms with Crippen LogP contribution < -0.4 is 5.73 Å². The summed E-state index contributed by atoms with van der Waals surface area (Å²) in [7, 11) is 0. The van der Waals surface area contributed by atoms with Crippen molar-refractivity contribution in [3.8, 4) is 0 Å². The number of aliphatic hydroxyl groups is 1. The van der Waals surface area contributed by atoms with Gasteiger partial charge < -0.3 is 21.1 Å². The number of carboxylic acids is 2. The van der Waals surface area contributed by atoms with Crippen molar-refractivity contribution in [1.29, 1.82) is 0 Å². The van der Waals surface area contributed by atoms with Crippen molar-refractivity contribution >= 4 is 17.8 Å². The van der Waals surface area contributed by atoms with Gasteiger partial charge in [-0.05, 0) is 0 Å². The lowest BCUT2D eigenvalue weighted by Crippen LogP contribution is -2.44. The van der Waals surface area contributed by atoms with Crippen molar-refractivity contribution in [2.45, 2.75) is 18.4 Å². The molecule has 0 saturated carbocycles. The van der Waals surface area contributed by atoms with E-state index in [0.29, 0.717) is 0 Å². The van der Waals surface area contributed by atoms with Crippen LogP contribution in [0.15, 0.2) is 0 Å². The number of hydrogen-bond acceptors (Lipinski definition) is 4. The van der Waals surface area contributed by atoms with E-state index in [1.807, 2.05) is 0 Å². The SMILES string of the molecule is NC(=O)CC(O)(CC(=O)O)C(=O)O. The lowest BCUT2D eigenvalue weighted by atomic mass is 9.95. The molecule has 0 heterocycles. The molecule has 7 heteroatoms. The first-order chi connectivity index (χ1) is 5.78.